The Morgan fingerprint density at radius 3 is 2.30 bits per heavy atom. The number of sulfonamides is 1. The van der Waals surface area contributed by atoms with E-state index in [4.69, 9.17) is 0 Å². The molecule has 0 aliphatic heterocycles. The van der Waals surface area contributed by atoms with Crippen LogP contribution in [0, 0.1) is 10.1 Å². The van der Waals surface area contributed by atoms with Crippen LogP contribution in [0.2, 0.25) is 0 Å². The number of hydrogen-bond acceptors (Lipinski definition) is 5. The zero-order chi connectivity index (χ0) is 15.4. The van der Waals surface area contributed by atoms with Gasteiger partial charge in [-0.1, -0.05) is 19.1 Å². The lowest BCUT2D eigenvalue weighted by atomic mass is 10.0. The highest BCUT2D eigenvalue weighted by Gasteiger charge is 2.27. The summed E-state index contributed by atoms with van der Waals surface area (Å²) in [6, 6.07) is 5.32. The molecule has 0 aromatic heterocycles. The van der Waals surface area contributed by atoms with E-state index in [2.05, 4.69) is 4.72 Å². The Hall–Kier alpha value is -1.51. The third-order valence-corrected chi connectivity index (χ3v) is 4.55. The van der Waals surface area contributed by atoms with E-state index < -0.39 is 20.5 Å². The van der Waals surface area contributed by atoms with E-state index in [1.165, 1.54) is 24.3 Å². The van der Waals surface area contributed by atoms with E-state index >= 15 is 0 Å². The summed E-state index contributed by atoms with van der Waals surface area (Å²) in [5, 5.41) is 19.7. The Balaban J connectivity index is 2.83. The van der Waals surface area contributed by atoms with Crippen molar-refractivity contribution in [3.05, 3.63) is 39.9 Å². The van der Waals surface area contributed by atoms with Gasteiger partial charge in [0.2, 0.25) is 10.0 Å². The lowest BCUT2D eigenvalue weighted by Gasteiger charge is -2.26. The summed E-state index contributed by atoms with van der Waals surface area (Å²) in [4.78, 5) is 9.96. The van der Waals surface area contributed by atoms with Crippen molar-refractivity contribution in [2.45, 2.75) is 31.6 Å². The average molecular weight is 302 g/mol. The van der Waals surface area contributed by atoms with Gasteiger partial charge >= 0.3 is 0 Å². The minimum absolute atomic E-state index is 0.0899. The number of benzene rings is 1. The Bertz CT molecular complexity index is 564. The first-order valence-corrected chi connectivity index (χ1v) is 7.72. The van der Waals surface area contributed by atoms with Gasteiger partial charge in [0.15, 0.2) is 0 Å². The zero-order valence-electron chi connectivity index (χ0n) is 11.4. The molecular weight excluding hydrogens is 284 g/mol. The van der Waals surface area contributed by atoms with Crippen LogP contribution in [0.4, 0.5) is 5.69 Å². The quantitative estimate of drug-likeness (QED) is 0.580. The molecule has 1 aromatic carbocycles. The molecule has 112 valence electrons. The topological polar surface area (TPSA) is 110 Å². The maximum atomic E-state index is 12.0. The summed E-state index contributed by atoms with van der Waals surface area (Å²) in [6.07, 6.45) is 0.447. The van der Waals surface area contributed by atoms with Crippen LogP contribution in [0.3, 0.4) is 0 Å². The van der Waals surface area contributed by atoms with Crippen LogP contribution >= 0.6 is 0 Å². The monoisotopic (exact) mass is 302 g/mol. The largest absolute Gasteiger partial charge is 0.394 e. The van der Waals surface area contributed by atoms with E-state index in [0.29, 0.717) is 12.0 Å². The molecule has 1 unspecified atom stereocenters. The molecule has 20 heavy (non-hydrogen) atoms. The molecular formula is C12H18N2O5S. The molecule has 1 atom stereocenters. The van der Waals surface area contributed by atoms with Crippen molar-refractivity contribution in [3.63, 3.8) is 0 Å². The molecule has 0 saturated heterocycles. The van der Waals surface area contributed by atoms with Crippen molar-refractivity contribution in [2.75, 3.05) is 6.61 Å². The molecule has 0 radical (unpaired) electrons. The van der Waals surface area contributed by atoms with Crippen molar-refractivity contribution >= 4 is 15.7 Å². The SMILES string of the molecule is CCC(C)(CO)NS(=O)(=O)Cc1ccc([N+](=O)[O-])cc1. The predicted octanol–water partition coefficient (Wildman–Crippen LogP) is 1.18. The third kappa shape index (κ3) is 4.55. The van der Waals surface area contributed by atoms with Gasteiger partial charge in [0.05, 0.1) is 22.8 Å². The number of hydrogen-bond donors (Lipinski definition) is 2. The van der Waals surface area contributed by atoms with Crippen LogP contribution in [-0.4, -0.2) is 30.6 Å². The Morgan fingerprint density at radius 1 is 1.35 bits per heavy atom. The molecule has 1 rings (SSSR count). The highest BCUT2D eigenvalue weighted by Crippen LogP contribution is 2.16. The number of nitro benzene ring substituents is 1. The van der Waals surface area contributed by atoms with Crippen LogP contribution < -0.4 is 4.72 Å². The standard InChI is InChI=1S/C12H18N2O5S/c1-3-12(2,9-15)13-20(18,19)8-10-4-6-11(7-5-10)14(16)17/h4-7,13,15H,3,8-9H2,1-2H3. The number of nitrogens with one attached hydrogen (secondary N) is 1. The molecule has 0 amide bonds. The van der Waals surface area contributed by atoms with E-state index in [1.54, 1.807) is 13.8 Å². The lowest BCUT2D eigenvalue weighted by molar-refractivity contribution is -0.384. The number of nitro groups is 1. The highest BCUT2D eigenvalue weighted by atomic mass is 32.2. The number of rotatable bonds is 7. The summed E-state index contributed by atoms with van der Waals surface area (Å²) in [5.74, 6) is -0.291. The van der Waals surface area contributed by atoms with E-state index in [0.717, 1.165) is 0 Å². The predicted molar refractivity (Wildman–Crippen MR) is 74.6 cm³/mol. The van der Waals surface area contributed by atoms with E-state index in [1.807, 2.05) is 0 Å². The first-order valence-electron chi connectivity index (χ1n) is 6.07. The number of aliphatic hydroxyl groups is 1. The molecule has 8 heteroatoms. The third-order valence-electron chi connectivity index (χ3n) is 3.04. The van der Waals surface area contributed by atoms with Crippen molar-refractivity contribution in [1.82, 2.24) is 4.72 Å². The number of non-ortho nitro benzene ring substituents is 1. The van der Waals surface area contributed by atoms with Gasteiger partial charge in [-0.2, -0.15) is 0 Å². The molecule has 0 saturated carbocycles. The maximum Gasteiger partial charge on any atom is 0.269 e. The summed E-state index contributed by atoms with van der Waals surface area (Å²) in [7, 11) is -3.63. The zero-order valence-corrected chi connectivity index (χ0v) is 12.2. The summed E-state index contributed by atoms with van der Waals surface area (Å²) in [5.41, 5.74) is -0.549. The van der Waals surface area contributed by atoms with Gasteiger partial charge in [0.1, 0.15) is 0 Å². The number of nitrogens with zero attached hydrogens (tertiary/aromatic N) is 1. The van der Waals surface area contributed by atoms with E-state index in [-0.39, 0.29) is 18.0 Å². The van der Waals surface area contributed by atoms with Gasteiger partial charge in [-0.05, 0) is 18.9 Å². The molecule has 7 nitrogen and oxygen atoms in total. The van der Waals surface area contributed by atoms with Gasteiger partial charge in [-0.25, -0.2) is 13.1 Å². The first-order chi connectivity index (χ1) is 9.21. The molecule has 2 N–H and O–H groups in total. The number of aliphatic hydroxyl groups excluding tert-OH is 1. The fourth-order valence-corrected chi connectivity index (χ4v) is 3.22. The maximum absolute atomic E-state index is 12.0. The van der Waals surface area contributed by atoms with Crippen LogP contribution in [0.1, 0.15) is 25.8 Å². The lowest BCUT2D eigenvalue weighted by Crippen LogP contribution is -2.48. The Morgan fingerprint density at radius 2 is 1.90 bits per heavy atom. The summed E-state index contributed by atoms with van der Waals surface area (Å²) < 4.78 is 26.4. The van der Waals surface area contributed by atoms with Crippen molar-refractivity contribution in [1.29, 1.82) is 0 Å². The smallest absolute Gasteiger partial charge is 0.269 e. The molecule has 0 aliphatic rings. The molecule has 0 aliphatic carbocycles. The van der Waals surface area contributed by atoms with Crippen LogP contribution in [-0.2, 0) is 15.8 Å². The minimum atomic E-state index is -3.63. The van der Waals surface area contributed by atoms with Crippen molar-refractivity contribution in [3.8, 4) is 0 Å². The van der Waals surface area contributed by atoms with Crippen LogP contribution in [0.25, 0.3) is 0 Å². The fourth-order valence-electron chi connectivity index (χ4n) is 1.56. The van der Waals surface area contributed by atoms with Gasteiger partial charge in [-0.3, -0.25) is 10.1 Å². The Labute approximate surface area is 117 Å². The van der Waals surface area contributed by atoms with Gasteiger partial charge in [-0.15, -0.1) is 0 Å². The fraction of sp³-hybridized carbons (Fsp3) is 0.500. The molecule has 1 aromatic rings. The van der Waals surface area contributed by atoms with Crippen LogP contribution in [0.15, 0.2) is 24.3 Å². The van der Waals surface area contributed by atoms with Gasteiger partial charge < -0.3 is 5.11 Å². The highest BCUT2D eigenvalue weighted by molar-refractivity contribution is 7.88. The Kier molecular flexibility index (Phi) is 5.21. The molecule has 0 bridgehead atoms. The van der Waals surface area contributed by atoms with Crippen molar-refractivity contribution < 1.29 is 18.4 Å². The average Bonchev–Trinajstić information content (AvgIpc) is 2.38. The minimum Gasteiger partial charge on any atom is -0.394 e. The van der Waals surface area contributed by atoms with E-state index in [9.17, 15) is 23.6 Å². The van der Waals surface area contributed by atoms with Gasteiger partial charge in [0, 0.05) is 12.1 Å². The van der Waals surface area contributed by atoms with Crippen molar-refractivity contribution in [2.24, 2.45) is 0 Å². The molecule has 0 heterocycles. The van der Waals surface area contributed by atoms with Crippen LogP contribution in [0.5, 0.6) is 0 Å². The normalized spacial score (nSPS) is 14.8. The first kappa shape index (κ1) is 16.5. The molecule has 0 fully saturated rings. The summed E-state index contributed by atoms with van der Waals surface area (Å²) >= 11 is 0. The second kappa shape index (κ2) is 6.29. The second-order valence-corrected chi connectivity index (χ2v) is 6.58. The molecule has 0 spiro atoms. The summed E-state index contributed by atoms with van der Waals surface area (Å²) in [6.45, 7) is 3.08. The van der Waals surface area contributed by atoms with Gasteiger partial charge in [0.25, 0.3) is 5.69 Å². The second-order valence-electron chi connectivity index (χ2n) is 4.86.